The average molecular weight is 496 g/mol. The van der Waals surface area contributed by atoms with Gasteiger partial charge in [-0.25, -0.2) is 12.8 Å². The first-order chi connectivity index (χ1) is 16.0. The lowest BCUT2D eigenvalue weighted by Crippen LogP contribution is -2.51. The Labute approximate surface area is 199 Å². The van der Waals surface area contributed by atoms with Gasteiger partial charge in [-0.05, 0) is 32.0 Å². The summed E-state index contributed by atoms with van der Waals surface area (Å²) in [6, 6.07) is 9.39. The van der Waals surface area contributed by atoms with Crippen LogP contribution in [0, 0.1) is 5.82 Å². The Morgan fingerprint density at radius 3 is 2.35 bits per heavy atom. The average Bonchev–Trinajstić information content (AvgIpc) is 2.80. The van der Waals surface area contributed by atoms with E-state index in [2.05, 4.69) is 5.32 Å². The summed E-state index contributed by atoms with van der Waals surface area (Å²) < 4.78 is 51.0. The number of nitrogens with one attached hydrogen (secondary N) is 1. The Morgan fingerprint density at radius 2 is 1.79 bits per heavy atom. The number of anilines is 1. The molecule has 0 saturated heterocycles. The van der Waals surface area contributed by atoms with Crippen molar-refractivity contribution in [1.82, 2.24) is 10.2 Å². The molecule has 2 aromatic rings. The molecular weight excluding hydrogens is 465 g/mol. The van der Waals surface area contributed by atoms with Crippen LogP contribution < -0.4 is 19.1 Å². The van der Waals surface area contributed by atoms with Gasteiger partial charge in [-0.1, -0.05) is 18.2 Å². The number of carbonyl (C=O) groups excluding carboxylic acids is 2. The van der Waals surface area contributed by atoms with Crippen LogP contribution in [0.5, 0.6) is 11.5 Å². The molecule has 1 atom stereocenters. The summed E-state index contributed by atoms with van der Waals surface area (Å²) in [6.07, 6.45) is 0.957. The lowest BCUT2D eigenvalue weighted by atomic mass is 10.1. The molecule has 2 amide bonds. The zero-order chi connectivity index (χ0) is 25.5. The van der Waals surface area contributed by atoms with Crippen LogP contribution in [0.1, 0.15) is 19.4 Å². The number of ether oxygens (including phenoxy) is 2. The maximum atomic E-state index is 14.3. The molecule has 1 unspecified atom stereocenters. The molecule has 1 N–H and O–H groups in total. The Kier molecular flexibility index (Phi) is 9.25. The molecule has 11 heteroatoms. The van der Waals surface area contributed by atoms with Crippen molar-refractivity contribution in [1.29, 1.82) is 0 Å². The monoisotopic (exact) mass is 495 g/mol. The zero-order valence-corrected chi connectivity index (χ0v) is 20.7. The molecule has 34 heavy (non-hydrogen) atoms. The number of nitrogens with zero attached hydrogens (tertiary/aromatic N) is 2. The number of halogens is 1. The minimum absolute atomic E-state index is 0.121. The number of sulfonamides is 1. The van der Waals surface area contributed by atoms with Crippen LogP contribution in [0.3, 0.4) is 0 Å². The highest BCUT2D eigenvalue weighted by molar-refractivity contribution is 7.92. The summed E-state index contributed by atoms with van der Waals surface area (Å²) in [6.45, 7) is 2.72. The molecule has 0 aliphatic rings. The third-order valence-corrected chi connectivity index (χ3v) is 6.28. The molecule has 0 aliphatic heterocycles. The van der Waals surface area contributed by atoms with E-state index in [1.54, 1.807) is 13.0 Å². The molecule has 0 heterocycles. The highest BCUT2D eigenvalue weighted by Gasteiger charge is 2.31. The Bertz CT molecular complexity index is 1130. The molecule has 0 aromatic heterocycles. The molecule has 0 radical (unpaired) electrons. The van der Waals surface area contributed by atoms with Crippen molar-refractivity contribution in [2.45, 2.75) is 26.4 Å². The van der Waals surface area contributed by atoms with E-state index in [0.29, 0.717) is 12.3 Å². The molecule has 0 bridgehead atoms. The van der Waals surface area contributed by atoms with Gasteiger partial charge in [0.1, 0.15) is 29.9 Å². The molecule has 2 rings (SSSR count). The summed E-state index contributed by atoms with van der Waals surface area (Å²) in [5.74, 6) is -1.06. The summed E-state index contributed by atoms with van der Waals surface area (Å²) >= 11 is 0. The van der Waals surface area contributed by atoms with Crippen LogP contribution in [0.4, 0.5) is 10.1 Å². The van der Waals surface area contributed by atoms with Gasteiger partial charge in [0, 0.05) is 24.7 Å². The SMILES string of the molecule is CCNC(=O)C(C)N(Cc1ccccc1F)C(=O)CN(c1ccc(OC)cc1OC)S(C)(=O)=O. The summed E-state index contributed by atoms with van der Waals surface area (Å²) in [5, 5.41) is 2.63. The molecule has 186 valence electrons. The lowest BCUT2D eigenvalue weighted by molar-refractivity contribution is -0.139. The van der Waals surface area contributed by atoms with E-state index in [1.807, 2.05) is 0 Å². The highest BCUT2D eigenvalue weighted by Crippen LogP contribution is 2.33. The van der Waals surface area contributed by atoms with Crippen LogP contribution in [-0.2, 0) is 26.2 Å². The van der Waals surface area contributed by atoms with Gasteiger partial charge in [0.25, 0.3) is 0 Å². The third kappa shape index (κ3) is 6.60. The topological polar surface area (TPSA) is 105 Å². The summed E-state index contributed by atoms with van der Waals surface area (Å²) in [5.41, 5.74) is 0.315. The van der Waals surface area contributed by atoms with Crippen molar-refractivity contribution in [3.8, 4) is 11.5 Å². The quantitative estimate of drug-likeness (QED) is 0.512. The Morgan fingerprint density at radius 1 is 1.12 bits per heavy atom. The Hall–Kier alpha value is -3.34. The summed E-state index contributed by atoms with van der Waals surface area (Å²) in [4.78, 5) is 27.1. The van der Waals surface area contributed by atoms with Crippen LogP contribution in [0.15, 0.2) is 42.5 Å². The highest BCUT2D eigenvalue weighted by atomic mass is 32.2. The standard InChI is InChI=1S/C23H30FN3O6S/c1-6-25-23(29)16(2)26(14-17-9-7-8-10-19(17)24)22(28)15-27(34(5,30)31)20-12-11-18(32-3)13-21(20)33-4/h7-13,16H,6,14-15H2,1-5H3,(H,25,29). The normalized spacial score (nSPS) is 11.9. The van der Waals surface area contributed by atoms with E-state index in [4.69, 9.17) is 9.47 Å². The third-order valence-electron chi connectivity index (χ3n) is 5.15. The number of rotatable bonds is 11. The van der Waals surface area contributed by atoms with E-state index in [9.17, 15) is 22.4 Å². The first-order valence-electron chi connectivity index (χ1n) is 10.5. The van der Waals surface area contributed by atoms with E-state index < -0.39 is 40.2 Å². The van der Waals surface area contributed by atoms with Gasteiger partial charge in [0.2, 0.25) is 21.8 Å². The minimum Gasteiger partial charge on any atom is -0.497 e. The second kappa shape index (κ2) is 11.7. The van der Waals surface area contributed by atoms with Crippen LogP contribution in [0.2, 0.25) is 0 Å². The number of methoxy groups -OCH3 is 2. The van der Waals surface area contributed by atoms with Gasteiger partial charge >= 0.3 is 0 Å². The fourth-order valence-electron chi connectivity index (χ4n) is 3.30. The number of carbonyl (C=O) groups is 2. The largest absolute Gasteiger partial charge is 0.497 e. The molecule has 0 spiro atoms. The van der Waals surface area contributed by atoms with E-state index in [0.717, 1.165) is 15.5 Å². The van der Waals surface area contributed by atoms with E-state index >= 15 is 0 Å². The second-order valence-corrected chi connectivity index (χ2v) is 9.40. The second-order valence-electron chi connectivity index (χ2n) is 7.49. The Balaban J connectivity index is 2.47. The van der Waals surface area contributed by atoms with Gasteiger partial charge in [0.05, 0.1) is 26.2 Å². The molecule has 9 nitrogen and oxygen atoms in total. The van der Waals surface area contributed by atoms with Crippen molar-refractivity contribution in [2.75, 3.05) is 37.9 Å². The first-order valence-corrected chi connectivity index (χ1v) is 12.4. The summed E-state index contributed by atoms with van der Waals surface area (Å²) in [7, 11) is -1.13. The molecule has 0 saturated carbocycles. The lowest BCUT2D eigenvalue weighted by Gasteiger charge is -2.31. The predicted octanol–water partition coefficient (Wildman–Crippen LogP) is 2.16. The number of hydrogen-bond donors (Lipinski definition) is 1. The van der Waals surface area contributed by atoms with Gasteiger partial charge in [-0.2, -0.15) is 0 Å². The van der Waals surface area contributed by atoms with Crippen LogP contribution in [0.25, 0.3) is 0 Å². The molecule has 0 aliphatic carbocycles. The van der Waals surface area contributed by atoms with E-state index in [-0.39, 0.29) is 23.5 Å². The minimum atomic E-state index is -3.95. The fraction of sp³-hybridized carbons (Fsp3) is 0.391. The first kappa shape index (κ1) is 26.9. The van der Waals surface area contributed by atoms with Crippen molar-refractivity contribution in [3.05, 3.63) is 53.8 Å². The maximum absolute atomic E-state index is 14.3. The number of amides is 2. The van der Waals surface area contributed by atoms with Crippen molar-refractivity contribution < 1.29 is 31.9 Å². The molecule has 2 aromatic carbocycles. The number of benzene rings is 2. The zero-order valence-electron chi connectivity index (χ0n) is 19.9. The van der Waals surface area contributed by atoms with Gasteiger partial charge in [0.15, 0.2) is 0 Å². The molecular formula is C23H30FN3O6S. The van der Waals surface area contributed by atoms with Crippen LogP contribution in [-0.4, -0.2) is 64.7 Å². The van der Waals surface area contributed by atoms with Gasteiger partial charge in [-0.15, -0.1) is 0 Å². The smallest absolute Gasteiger partial charge is 0.244 e. The fourth-order valence-corrected chi connectivity index (χ4v) is 4.15. The predicted molar refractivity (Wildman–Crippen MR) is 127 cm³/mol. The number of likely N-dealkylation sites (N-methyl/N-ethyl adjacent to an activating group) is 1. The van der Waals surface area contributed by atoms with Gasteiger partial charge < -0.3 is 19.7 Å². The number of hydrogen-bond acceptors (Lipinski definition) is 6. The molecule has 0 fully saturated rings. The van der Waals surface area contributed by atoms with E-state index in [1.165, 1.54) is 57.5 Å². The van der Waals surface area contributed by atoms with Gasteiger partial charge in [-0.3, -0.25) is 13.9 Å². The van der Waals surface area contributed by atoms with Crippen molar-refractivity contribution in [2.24, 2.45) is 0 Å². The van der Waals surface area contributed by atoms with Crippen molar-refractivity contribution >= 4 is 27.5 Å². The van der Waals surface area contributed by atoms with Crippen LogP contribution >= 0.6 is 0 Å². The maximum Gasteiger partial charge on any atom is 0.244 e. The van der Waals surface area contributed by atoms with Crippen molar-refractivity contribution in [3.63, 3.8) is 0 Å².